The maximum absolute atomic E-state index is 11.5. The Morgan fingerprint density at radius 2 is 1.81 bits per heavy atom. The third kappa shape index (κ3) is 4.97. The van der Waals surface area contributed by atoms with Crippen molar-refractivity contribution >= 4 is 5.97 Å². The molecule has 16 heavy (non-hydrogen) atoms. The molecule has 1 aliphatic carbocycles. The highest BCUT2D eigenvalue weighted by Crippen LogP contribution is 2.30. The molecule has 0 bridgehead atoms. The van der Waals surface area contributed by atoms with Gasteiger partial charge in [0.1, 0.15) is 6.10 Å². The lowest BCUT2D eigenvalue weighted by atomic mass is 9.82. The van der Waals surface area contributed by atoms with Gasteiger partial charge in [0.25, 0.3) is 0 Å². The van der Waals surface area contributed by atoms with E-state index >= 15 is 0 Å². The zero-order valence-corrected chi connectivity index (χ0v) is 10.6. The van der Waals surface area contributed by atoms with Gasteiger partial charge in [-0.2, -0.15) is 0 Å². The molecule has 3 nitrogen and oxygen atoms in total. The fourth-order valence-electron chi connectivity index (χ4n) is 2.63. The zero-order chi connectivity index (χ0) is 12.0. The predicted octanol–water partition coefficient (Wildman–Crippen LogP) is 2.48. The number of rotatable bonds is 5. The molecule has 2 unspecified atom stereocenters. The molecule has 1 aliphatic rings. The summed E-state index contributed by atoms with van der Waals surface area (Å²) in [6.07, 6.45) is 5.78. The summed E-state index contributed by atoms with van der Waals surface area (Å²) in [4.78, 5) is 11.5. The molecule has 1 rings (SSSR count). The Morgan fingerprint density at radius 1 is 1.19 bits per heavy atom. The number of hydrogen-bond donors (Lipinski definition) is 1. The van der Waals surface area contributed by atoms with Crippen LogP contribution in [-0.4, -0.2) is 18.6 Å². The summed E-state index contributed by atoms with van der Waals surface area (Å²) in [6.45, 7) is 5.14. The van der Waals surface area contributed by atoms with E-state index in [2.05, 4.69) is 13.8 Å². The second-order valence-electron chi connectivity index (χ2n) is 5.28. The number of carbonyl (C=O) groups is 1. The molecule has 0 heterocycles. The molecule has 0 aromatic carbocycles. The fraction of sp³-hybridized carbons (Fsp3) is 0.923. The predicted molar refractivity (Wildman–Crippen MR) is 65.0 cm³/mol. The summed E-state index contributed by atoms with van der Waals surface area (Å²) < 4.78 is 5.50. The van der Waals surface area contributed by atoms with E-state index < -0.39 is 0 Å². The van der Waals surface area contributed by atoms with Gasteiger partial charge in [-0.15, -0.1) is 0 Å². The third-order valence-electron chi connectivity index (χ3n) is 3.27. The van der Waals surface area contributed by atoms with Crippen LogP contribution in [0.3, 0.4) is 0 Å². The summed E-state index contributed by atoms with van der Waals surface area (Å²) in [5, 5.41) is 0. The normalized spacial score (nSPS) is 30.1. The SMILES string of the molecule is CC1CC(C)CC(OC(=O)CCCCN)C1. The van der Waals surface area contributed by atoms with Gasteiger partial charge in [0.15, 0.2) is 0 Å². The minimum atomic E-state index is -0.0419. The summed E-state index contributed by atoms with van der Waals surface area (Å²) in [6, 6.07) is 0. The Labute approximate surface area is 98.7 Å². The summed E-state index contributed by atoms with van der Waals surface area (Å²) in [7, 11) is 0. The van der Waals surface area contributed by atoms with Gasteiger partial charge in [-0.3, -0.25) is 4.79 Å². The third-order valence-corrected chi connectivity index (χ3v) is 3.27. The average molecular weight is 227 g/mol. The van der Waals surface area contributed by atoms with Gasteiger partial charge < -0.3 is 10.5 Å². The van der Waals surface area contributed by atoms with E-state index in [-0.39, 0.29) is 12.1 Å². The summed E-state index contributed by atoms with van der Waals surface area (Å²) in [5.74, 6) is 1.33. The van der Waals surface area contributed by atoms with Gasteiger partial charge in [-0.1, -0.05) is 13.8 Å². The Hall–Kier alpha value is -0.570. The van der Waals surface area contributed by atoms with Gasteiger partial charge in [0.2, 0.25) is 0 Å². The fourth-order valence-corrected chi connectivity index (χ4v) is 2.63. The van der Waals surface area contributed by atoms with Crippen molar-refractivity contribution in [1.29, 1.82) is 0 Å². The standard InChI is InChI=1S/C13H25NO2/c1-10-7-11(2)9-12(8-10)16-13(15)5-3-4-6-14/h10-12H,3-9,14H2,1-2H3. The van der Waals surface area contributed by atoms with Crippen molar-refractivity contribution in [3.05, 3.63) is 0 Å². The molecule has 0 aliphatic heterocycles. The Bertz CT molecular complexity index is 208. The number of unbranched alkanes of at least 4 members (excludes halogenated alkanes) is 1. The quantitative estimate of drug-likeness (QED) is 0.580. The lowest BCUT2D eigenvalue weighted by molar-refractivity contribution is -0.152. The smallest absolute Gasteiger partial charge is 0.306 e. The minimum absolute atomic E-state index is 0.0419. The minimum Gasteiger partial charge on any atom is -0.462 e. The molecule has 0 saturated heterocycles. The van der Waals surface area contributed by atoms with Crippen LogP contribution in [0.25, 0.3) is 0 Å². The van der Waals surface area contributed by atoms with E-state index in [9.17, 15) is 4.79 Å². The lowest BCUT2D eigenvalue weighted by Crippen LogP contribution is -2.28. The molecule has 0 radical (unpaired) electrons. The van der Waals surface area contributed by atoms with Crippen LogP contribution in [0.15, 0.2) is 0 Å². The van der Waals surface area contributed by atoms with Crippen molar-refractivity contribution in [2.75, 3.05) is 6.54 Å². The number of ether oxygens (including phenoxy) is 1. The lowest BCUT2D eigenvalue weighted by Gasteiger charge is -2.31. The highest BCUT2D eigenvalue weighted by atomic mass is 16.5. The van der Waals surface area contributed by atoms with E-state index in [1.165, 1.54) is 6.42 Å². The molecule has 3 heteroatoms. The first kappa shape index (κ1) is 13.5. The van der Waals surface area contributed by atoms with Crippen molar-refractivity contribution in [3.63, 3.8) is 0 Å². The van der Waals surface area contributed by atoms with Gasteiger partial charge in [0, 0.05) is 6.42 Å². The number of esters is 1. The van der Waals surface area contributed by atoms with Crippen LogP contribution in [0.1, 0.15) is 52.4 Å². The molecule has 0 amide bonds. The number of hydrogen-bond acceptors (Lipinski definition) is 3. The van der Waals surface area contributed by atoms with Crippen molar-refractivity contribution in [1.82, 2.24) is 0 Å². The monoisotopic (exact) mass is 227 g/mol. The van der Waals surface area contributed by atoms with Crippen molar-refractivity contribution in [3.8, 4) is 0 Å². The molecule has 0 aromatic rings. The second kappa shape index (κ2) is 6.89. The number of nitrogens with two attached hydrogens (primary N) is 1. The molecule has 94 valence electrons. The molecular weight excluding hydrogens is 202 g/mol. The van der Waals surface area contributed by atoms with Gasteiger partial charge in [0.05, 0.1) is 0 Å². The molecular formula is C13H25NO2. The highest BCUT2D eigenvalue weighted by Gasteiger charge is 2.26. The van der Waals surface area contributed by atoms with Crippen LogP contribution in [-0.2, 0) is 9.53 Å². The molecule has 2 atom stereocenters. The molecule has 0 aromatic heterocycles. The average Bonchev–Trinajstić information content (AvgIpc) is 2.16. The summed E-state index contributed by atoms with van der Waals surface area (Å²) >= 11 is 0. The van der Waals surface area contributed by atoms with Crippen molar-refractivity contribution in [2.24, 2.45) is 17.6 Å². The molecule has 1 fully saturated rings. The first-order valence-corrected chi connectivity index (χ1v) is 6.51. The maximum atomic E-state index is 11.5. The number of carbonyl (C=O) groups excluding carboxylic acids is 1. The largest absolute Gasteiger partial charge is 0.462 e. The van der Waals surface area contributed by atoms with E-state index in [4.69, 9.17) is 10.5 Å². The summed E-state index contributed by atoms with van der Waals surface area (Å²) in [5.41, 5.74) is 5.38. The van der Waals surface area contributed by atoms with Crippen LogP contribution < -0.4 is 5.73 Å². The Kier molecular flexibility index (Phi) is 5.81. The van der Waals surface area contributed by atoms with Crippen LogP contribution in [0.2, 0.25) is 0 Å². The van der Waals surface area contributed by atoms with E-state index in [1.54, 1.807) is 0 Å². The zero-order valence-electron chi connectivity index (χ0n) is 10.6. The first-order chi connectivity index (χ1) is 7.61. The van der Waals surface area contributed by atoms with Gasteiger partial charge in [-0.25, -0.2) is 0 Å². The van der Waals surface area contributed by atoms with Crippen LogP contribution in [0.4, 0.5) is 0 Å². The Morgan fingerprint density at radius 3 is 2.38 bits per heavy atom. The molecule has 0 spiro atoms. The Balaban J connectivity index is 2.22. The molecule has 2 N–H and O–H groups in total. The highest BCUT2D eigenvalue weighted by molar-refractivity contribution is 5.69. The van der Waals surface area contributed by atoms with Crippen molar-refractivity contribution < 1.29 is 9.53 Å². The van der Waals surface area contributed by atoms with Crippen molar-refractivity contribution in [2.45, 2.75) is 58.5 Å². The first-order valence-electron chi connectivity index (χ1n) is 6.51. The van der Waals surface area contributed by atoms with E-state index in [1.807, 2.05) is 0 Å². The maximum Gasteiger partial charge on any atom is 0.306 e. The van der Waals surface area contributed by atoms with E-state index in [0.717, 1.165) is 25.7 Å². The van der Waals surface area contributed by atoms with Crippen LogP contribution in [0, 0.1) is 11.8 Å². The molecule has 1 saturated carbocycles. The van der Waals surface area contributed by atoms with Crippen LogP contribution in [0.5, 0.6) is 0 Å². The van der Waals surface area contributed by atoms with Crippen LogP contribution >= 0.6 is 0 Å². The van der Waals surface area contributed by atoms with E-state index in [0.29, 0.717) is 24.8 Å². The van der Waals surface area contributed by atoms with Gasteiger partial charge >= 0.3 is 5.97 Å². The van der Waals surface area contributed by atoms with Gasteiger partial charge in [-0.05, 0) is 50.5 Å². The second-order valence-corrected chi connectivity index (χ2v) is 5.28. The topological polar surface area (TPSA) is 52.3 Å².